The van der Waals surface area contributed by atoms with Gasteiger partial charge in [-0.1, -0.05) is 18.7 Å². The van der Waals surface area contributed by atoms with Crippen LogP contribution in [0.4, 0.5) is 0 Å². The number of hydrogen-bond acceptors (Lipinski definition) is 3. The Kier molecular flexibility index (Phi) is 2.37. The molecule has 1 heterocycles. The Morgan fingerprint density at radius 1 is 1.75 bits per heavy atom. The summed E-state index contributed by atoms with van der Waals surface area (Å²) in [5, 5.41) is 12.0. The van der Waals surface area contributed by atoms with E-state index in [4.69, 9.17) is 5.11 Å². The van der Waals surface area contributed by atoms with Gasteiger partial charge in [0.2, 0.25) is 0 Å². The Balaban J connectivity index is 2.81. The highest BCUT2D eigenvalue weighted by Crippen LogP contribution is 2.40. The molecule has 1 atom stereocenters. The van der Waals surface area contributed by atoms with Crippen LogP contribution in [0.15, 0.2) is 10.6 Å². The van der Waals surface area contributed by atoms with E-state index in [2.05, 4.69) is 5.32 Å². The summed E-state index contributed by atoms with van der Waals surface area (Å²) in [6.45, 7) is 5.85. The maximum Gasteiger partial charge on any atom is 0.344 e. The van der Waals surface area contributed by atoms with Gasteiger partial charge in [0.05, 0.1) is 4.87 Å². The minimum atomic E-state index is -0.831. The number of hydrogen-bond donors (Lipinski definition) is 2. The zero-order valence-electron chi connectivity index (χ0n) is 7.47. The van der Waals surface area contributed by atoms with E-state index in [9.17, 15) is 4.79 Å². The number of carboxylic acid groups (broad SMARTS) is 1. The highest BCUT2D eigenvalue weighted by molar-refractivity contribution is 8.05. The van der Waals surface area contributed by atoms with Crippen LogP contribution in [0, 0.1) is 0 Å². The fourth-order valence-electron chi connectivity index (χ4n) is 1.15. The van der Waals surface area contributed by atoms with Crippen LogP contribution in [-0.2, 0) is 4.79 Å². The molecule has 4 heteroatoms. The molecule has 1 aliphatic rings. The van der Waals surface area contributed by atoms with Crippen LogP contribution in [0.1, 0.15) is 27.2 Å². The van der Waals surface area contributed by atoms with Crippen molar-refractivity contribution in [1.29, 1.82) is 0 Å². The highest BCUT2D eigenvalue weighted by atomic mass is 32.2. The van der Waals surface area contributed by atoms with Gasteiger partial charge in [0.25, 0.3) is 0 Å². The summed E-state index contributed by atoms with van der Waals surface area (Å²) in [7, 11) is 0. The van der Waals surface area contributed by atoms with Gasteiger partial charge in [-0.25, -0.2) is 4.79 Å². The number of carbonyl (C=O) groups is 1. The van der Waals surface area contributed by atoms with Crippen LogP contribution in [0.3, 0.4) is 0 Å². The van der Waals surface area contributed by atoms with Crippen LogP contribution in [0.5, 0.6) is 0 Å². The standard InChI is InChI=1S/C8H13NO2S/c1-4-8(3)9-5(2)6(12-8)7(10)11/h9H,4H2,1-3H3,(H,10,11). The van der Waals surface area contributed by atoms with Crippen LogP contribution in [0.2, 0.25) is 0 Å². The molecule has 12 heavy (non-hydrogen) atoms. The average molecular weight is 187 g/mol. The van der Waals surface area contributed by atoms with Crippen molar-refractivity contribution in [3.63, 3.8) is 0 Å². The summed E-state index contributed by atoms with van der Waals surface area (Å²) < 4.78 is 0. The molecule has 0 radical (unpaired) electrons. The molecule has 0 fully saturated rings. The highest BCUT2D eigenvalue weighted by Gasteiger charge is 2.34. The molecule has 0 aromatic rings. The van der Waals surface area contributed by atoms with E-state index < -0.39 is 5.97 Å². The molecule has 0 saturated heterocycles. The molecule has 0 aromatic carbocycles. The molecule has 0 saturated carbocycles. The molecule has 2 N–H and O–H groups in total. The lowest BCUT2D eigenvalue weighted by Gasteiger charge is -2.22. The molecule has 0 aliphatic carbocycles. The lowest BCUT2D eigenvalue weighted by Crippen LogP contribution is -2.32. The second kappa shape index (κ2) is 3.01. The van der Waals surface area contributed by atoms with Crippen LogP contribution >= 0.6 is 11.8 Å². The van der Waals surface area contributed by atoms with E-state index in [1.807, 2.05) is 13.8 Å². The number of aliphatic carboxylic acids is 1. The third-order valence-electron chi connectivity index (χ3n) is 1.99. The summed E-state index contributed by atoms with van der Waals surface area (Å²) >= 11 is 1.40. The second-order valence-electron chi connectivity index (χ2n) is 3.07. The monoisotopic (exact) mass is 187 g/mol. The fraction of sp³-hybridized carbons (Fsp3) is 0.625. The van der Waals surface area contributed by atoms with E-state index in [0.29, 0.717) is 4.91 Å². The van der Waals surface area contributed by atoms with Gasteiger partial charge in [0, 0.05) is 5.70 Å². The van der Waals surface area contributed by atoms with Gasteiger partial charge in [0.1, 0.15) is 4.91 Å². The smallest absolute Gasteiger partial charge is 0.344 e. The number of allylic oxidation sites excluding steroid dienone is 1. The van der Waals surface area contributed by atoms with E-state index in [1.165, 1.54) is 11.8 Å². The van der Waals surface area contributed by atoms with Crippen molar-refractivity contribution in [1.82, 2.24) is 5.32 Å². The number of rotatable bonds is 2. The van der Waals surface area contributed by atoms with Gasteiger partial charge >= 0.3 is 5.97 Å². The van der Waals surface area contributed by atoms with E-state index in [0.717, 1.165) is 12.1 Å². The van der Waals surface area contributed by atoms with Crippen molar-refractivity contribution >= 4 is 17.7 Å². The fourth-order valence-corrected chi connectivity index (χ4v) is 2.24. The largest absolute Gasteiger partial charge is 0.477 e. The van der Waals surface area contributed by atoms with Crippen LogP contribution in [0.25, 0.3) is 0 Å². The minimum absolute atomic E-state index is 0.127. The molecule has 0 spiro atoms. The minimum Gasteiger partial charge on any atom is -0.477 e. The molecule has 68 valence electrons. The number of thioether (sulfide) groups is 1. The third kappa shape index (κ3) is 1.58. The Morgan fingerprint density at radius 2 is 2.33 bits per heavy atom. The van der Waals surface area contributed by atoms with Gasteiger partial charge in [-0.3, -0.25) is 0 Å². The first kappa shape index (κ1) is 9.45. The van der Waals surface area contributed by atoms with Crippen molar-refractivity contribution < 1.29 is 9.90 Å². The number of nitrogens with one attached hydrogen (secondary N) is 1. The van der Waals surface area contributed by atoms with Crippen molar-refractivity contribution in [3.8, 4) is 0 Å². The molecule has 1 aliphatic heterocycles. The van der Waals surface area contributed by atoms with Crippen molar-refractivity contribution in [3.05, 3.63) is 10.6 Å². The van der Waals surface area contributed by atoms with Gasteiger partial charge in [-0.15, -0.1) is 0 Å². The summed E-state index contributed by atoms with van der Waals surface area (Å²) in [5.74, 6) is -0.831. The third-order valence-corrected chi connectivity index (χ3v) is 3.51. The topological polar surface area (TPSA) is 49.3 Å². The Labute approximate surface area is 76.2 Å². The maximum atomic E-state index is 10.7. The van der Waals surface area contributed by atoms with Crippen LogP contribution in [-0.4, -0.2) is 15.9 Å². The summed E-state index contributed by atoms with van der Waals surface area (Å²) in [6.07, 6.45) is 0.909. The summed E-state index contributed by atoms with van der Waals surface area (Å²) in [4.78, 5) is 11.0. The first-order valence-corrected chi connectivity index (χ1v) is 4.71. The molecule has 1 unspecified atom stereocenters. The normalized spacial score (nSPS) is 28.9. The lowest BCUT2D eigenvalue weighted by molar-refractivity contribution is -0.131. The molecule has 3 nitrogen and oxygen atoms in total. The average Bonchev–Trinajstić information content (AvgIpc) is 2.28. The van der Waals surface area contributed by atoms with E-state index in [1.54, 1.807) is 6.92 Å². The van der Waals surface area contributed by atoms with Crippen LogP contribution < -0.4 is 5.32 Å². The Morgan fingerprint density at radius 3 is 2.58 bits per heavy atom. The van der Waals surface area contributed by atoms with E-state index >= 15 is 0 Å². The summed E-state index contributed by atoms with van der Waals surface area (Å²) in [5.41, 5.74) is 0.775. The zero-order valence-corrected chi connectivity index (χ0v) is 8.29. The molecule has 0 bridgehead atoms. The first-order chi connectivity index (χ1) is 5.48. The molecule has 1 rings (SSSR count). The van der Waals surface area contributed by atoms with Crippen molar-refractivity contribution in [2.45, 2.75) is 32.1 Å². The predicted molar refractivity (Wildman–Crippen MR) is 49.8 cm³/mol. The first-order valence-electron chi connectivity index (χ1n) is 3.90. The van der Waals surface area contributed by atoms with Gasteiger partial charge in [-0.2, -0.15) is 0 Å². The molecular weight excluding hydrogens is 174 g/mol. The van der Waals surface area contributed by atoms with Crippen molar-refractivity contribution in [2.75, 3.05) is 0 Å². The lowest BCUT2D eigenvalue weighted by atomic mass is 10.2. The second-order valence-corrected chi connectivity index (χ2v) is 4.58. The quantitative estimate of drug-likeness (QED) is 0.691. The van der Waals surface area contributed by atoms with Gasteiger partial charge < -0.3 is 10.4 Å². The predicted octanol–water partition coefficient (Wildman–Crippen LogP) is 1.77. The summed E-state index contributed by atoms with van der Waals surface area (Å²) in [6, 6.07) is 0. The van der Waals surface area contributed by atoms with Gasteiger partial charge in [-0.05, 0) is 20.3 Å². The Hall–Kier alpha value is -0.640. The zero-order chi connectivity index (χ0) is 9.35. The van der Waals surface area contributed by atoms with E-state index in [-0.39, 0.29) is 4.87 Å². The number of carboxylic acids is 1. The Bertz CT molecular complexity index is 249. The van der Waals surface area contributed by atoms with Gasteiger partial charge in [0.15, 0.2) is 0 Å². The SMILES string of the molecule is CCC1(C)NC(C)=C(C(=O)O)S1. The molecule has 0 aromatic heterocycles. The maximum absolute atomic E-state index is 10.7. The van der Waals surface area contributed by atoms with Crippen molar-refractivity contribution in [2.24, 2.45) is 0 Å². The molecule has 0 amide bonds. The molecular formula is C8H13NO2S.